The third-order valence-electron chi connectivity index (χ3n) is 6.31. The Balaban J connectivity index is 1.38. The van der Waals surface area contributed by atoms with Crippen molar-refractivity contribution in [3.63, 3.8) is 0 Å². The van der Waals surface area contributed by atoms with Crippen molar-refractivity contribution in [1.82, 2.24) is 10.2 Å². The Morgan fingerprint density at radius 2 is 1.87 bits per heavy atom. The molecule has 2 aromatic carbocycles. The van der Waals surface area contributed by atoms with E-state index >= 15 is 0 Å². The minimum absolute atomic E-state index is 0.000192. The molecule has 1 unspecified atom stereocenters. The highest BCUT2D eigenvalue weighted by molar-refractivity contribution is 5.83. The molecule has 4 nitrogen and oxygen atoms in total. The molecule has 0 aliphatic carbocycles. The Bertz CT molecular complexity index is 829. The number of hydrogen-bond donors (Lipinski definition) is 2. The summed E-state index contributed by atoms with van der Waals surface area (Å²) in [6.07, 6.45) is 3.31. The maximum Gasteiger partial charge on any atom is 0.227 e. The molecule has 1 aliphatic rings. The molecule has 5 heteroatoms. The molecule has 2 N–H and O–H groups in total. The summed E-state index contributed by atoms with van der Waals surface area (Å²) in [5.41, 5.74) is 4.88. The zero-order chi connectivity index (χ0) is 21.5. The molecule has 1 atom stereocenters. The molecule has 0 bridgehead atoms. The predicted octanol–water partition coefficient (Wildman–Crippen LogP) is 4.67. The van der Waals surface area contributed by atoms with Gasteiger partial charge in [-0.1, -0.05) is 18.2 Å². The number of rotatable bonds is 8. The molecular formula is C25H34FN3O. The molecule has 1 amide bonds. The topological polar surface area (TPSA) is 44.4 Å². The number of piperidine rings is 1. The van der Waals surface area contributed by atoms with Crippen LogP contribution in [0.15, 0.2) is 42.5 Å². The van der Waals surface area contributed by atoms with Gasteiger partial charge in [-0.2, -0.15) is 0 Å². The quantitative estimate of drug-likeness (QED) is 0.621. The number of nitrogens with zero attached hydrogens (tertiary/aromatic N) is 1. The number of carbonyl (C=O) groups is 1. The number of likely N-dealkylation sites (tertiary alicyclic amines) is 1. The van der Waals surface area contributed by atoms with Crippen molar-refractivity contribution < 1.29 is 9.18 Å². The third kappa shape index (κ3) is 5.82. The van der Waals surface area contributed by atoms with Crippen LogP contribution in [0.2, 0.25) is 0 Å². The second-order valence-corrected chi connectivity index (χ2v) is 8.36. The van der Waals surface area contributed by atoms with Crippen LogP contribution in [-0.4, -0.2) is 44.0 Å². The van der Waals surface area contributed by atoms with E-state index in [-0.39, 0.29) is 17.6 Å². The summed E-state index contributed by atoms with van der Waals surface area (Å²) >= 11 is 0. The fourth-order valence-corrected chi connectivity index (χ4v) is 4.27. The lowest BCUT2D eigenvalue weighted by Crippen LogP contribution is -2.36. The van der Waals surface area contributed by atoms with E-state index in [1.807, 2.05) is 14.0 Å². The third-order valence-corrected chi connectivity index (χ3v) is 6.31. The molecule has 162 valence electrons. The molecule has 0 aromatic heterocycles. The number of hydrogen-bond acceptors (Lipinski definition) is 3. The summed E-state index contributed by atoms with van der Waals surface area (Å²) in [6.45, 7) is 7.96. The van der Waals surface area contributed by atoms with E-state index in [0.717, 1.165) is 31.6 Å². The van der Waals surface area contributed by atoms with Crippen LogP contribution in [0.5, 0.6) is 0 Å². The van der Waals surface area contributed by atoms with Gasteiger partial charge in [-0.05, 0) is 99.6 Å². The number of nitrogens with one attached hydrogen (secondary N) is 2. The number of aryl methyl sites for hydroxylation is 1. The van der Waals surface area contributed by atoms with Gasteiger partial charge in [-0.15, -0.1) is 0 Å². The van der Waals surface area contributed by atoms with Crippen molar-refractivity contribution in [2.24, 2.45) is 0 Å². The van der Waals surface area contributed by atoms with Crippen LogP contribution in [0, 0.1) is 12.7 Å². The van der Waals surface area contributed by atoms with Gasteiger partial charge in [0.25, 0.3) is 0 Å². The molecular weight excluding hydrogens is 377 g/mol. The molecule has 1 saturated heterocycles. The Morgan fingerprint density at radius 1 is 1.17 bits per heavy atom. The first kappa shape index (κ1) is 22.3. The van der Waals surface area contributed by atoms with Crippen LogP contribution in [-0.2, 0) is 4.79 Å². The van der Waals surface area contributed by atoms with E-state index in [2.05, 4.69) is 40.7 Å². The standard InChI is InChI=1S/C25H34FN3O/c1-18-5-10-23(27-3)17-24(18)21-11-15-29(16-12-21)14-4-13-28-25(30)19(2)20-6-8-22(26)9-7-20/h5-10,17,19,21,27H,4,11-16H2,1-3H3,(H,28,30). The van der Waals surface area contributed by atoms with E-state index in [0.29, 0.717) is 12.5 Å². The van der Waals surface area contributed by atoms with Gasteiger partial charge in [0, 0.05) is 19.3 Å². The number of carbonyl (C=O) groups excluding carboxylic acids is 1. The monoisotopic (exact) mass is 411 g/mol. The first-order valence-electron chi connectivity index (χ1n) is 11.0. The molecule has 2 aromatic rings. The van der Waals surface area contributed by atoms with Gasteiger partial charge >= 0.3 is 0 Å². The SMILES string of the molecule is CNc1ccc(C)c(C2CCN(CCCNC(=O)C(C)c3ccc(F)cc3)CC2)c1. The van der Waals surface area contributed by atoms with Gasteiger partial charge < -0.3 is 15.5 Å². The fraction of sp³-hybridized carbons (Fsp3) is 0.480. The van der Waals surface area contributed by atoms with Crippen molar-refractivity contribution in [2.75, 3.05) is 38.5 Å². The van der Waals surface area contributed by atoms with Crippen LogP contribution < -0.4 is 10.6 Å². The molecule has 0 spiro atoms. The number of amides is 1. The maximum absolute atomic E-state index is 13.0. The number of halogens is 1. The van der Waals surface area contributed by atoms with Gasteiger partial charge in [-0.25, -0.2) is 4.39 Å². The van der Waals surface area contributed by atoms with E-state index in [9.17, 15) is 9.18 Å². The molecule has 1 aliphatic heterocycles. The summed E-state index contributed by atoms with van der Waals surface area (Å²) in [5, 5.41) is 6.27. The van der Waals surface area contributed by atoms with Crippen LogP contribution in [0.3, 0.4) is 0 Å². The number of benzene rings is 2. The van der Waals surface area contributed by atoms with Crippen molar-refractivity contribution in [1.29, 1.82) is 0 Å². The van der Waals surface area contributed by atoms with E-state index in [1.165, 1.54) is 41.8 Å². The van der Waals surface area contributed by atoms with Crippen molar-refractivity contribution in [3.05, 3.63) is 65.0 Å². The van der Waals surface area contributed by atoms with E-state index in [4.69, 9.17) is 0 Å². The molecule has 30 heavy (non-hydrogen) atoms. The fourth-order valence-electron chi connectivity index (χ4n) is 4.27. The minimum atomic E-state index is -0.278. The van der Waals surface area contributed by atoms with Crippen molar-refractivity contribution in [3.8, 4) is 0 Å². The highest BCUT2D eigenvalue weighted by Gasteiger charge is 2.22. The second kappa shape index (κ2) is 10.6. The van der Waals surface area contributed by atoms with E-state index < -0.39 is 0 Å². The molecule has 3 rings (SSSR count). The van der Waals surface area contributed by atoms with Crippen LogP contribution in [0.1, 0.15) is 54.7 Å². The lowest BCUT2D eigenvalue weighted by Gasteiger charge is -2.33. The highest BCUT2D eigenvalue weighted by Crippen LogP contribution is 2.31. The highest BCUT2D eigenvalue weighted by atomic mass is 19.1. The Kier molecular flexibility index (Phi) is 7.86. The zero-order valence-corrected chi connectivity index (χ0v) is 18.4. The Labute approximate surface area is 179 Å². The number of anilines is 1. The second-order valence-electron chi connectivity index (χ2n) is 8.36. The largest absolute Gasteiger partial charge is 0.388 e. The molecule has 1 fully saturated rings. The average molecular weight is 412 g/mol. The molecule has 0 saturated carbocycles. The molecule has 0 radical (unpaired) electrons. The summed E-state index contributed by atoms with van der Waals surface area (Å²) in [6, 6.07) is 12.8. The normalized spacial score (nSPS) is 16.3. The summed E-state index contributed by atoms with van der Waals surface area (Å²) < 4.78 is 13.0. The molecule has 1 heterocycles. The maximum atomic E-state index is 13.0. The first-order valence-corrected chi connectivity index (χ1v) is 11.0. The van der Waals surface area contributed by atoms with Gasteiger partial charge in [0.1, 0.15) is 5.82 Å². The summed E-state index contributed by atoms with van der Waals surface area (Å²) in [4.78, 5) is 14.8. The Hall–Kier alpha value is -2.40. The van der Waals surface area contributed by atoms with Crippen LogP contribution in [0.4, 0.5) is 10.1 Å². The summed E-state index contributed by atoms with van der Waals surface area (Å²) in [7, 11) is 1.97. The van der Waals surface area contributed by atoms with Gasteiger partial charge in [0.15, 0.2) is 0 Å². The zero-order valence-electron chi connectivity index (χ0n) is 18.4. The van der Waals surface area contributed by atoms with Gasteiger partial charge in [0.2, 0.25) is 5.91 Å². The minimum Gasteiger partial charge on any atom is -0.388 e. The predicted molar refractivity (Wildman–Crippen MR) is 122 cm³/mol. The lowest BCUT2D eigenvalue weighted by atomic mass is 9.86. The summed E-state index contributed by atoms with van der Waals surface area (Å²) in [5.74, 6) is 0.0870. The van der Waals surface area contributed by atoms with Gasteiger partial charge in [-0.3, -0.25) is 4.79 Å². The van der Waals surface area contributed by atoms with Crippen molar-refractivity contribution in [2.45, 2.75) is 44.9 Å². The van der Waals surface area contributed by atoms with Crippen molar-refractivity contribution >= 4 is 11.6 Å². The van der Waals surface area contributed by atoms with Crippen LogP contribution in [0.25, 0.3) is 0 Å². The smallest absolute Gasteiger partial charge is 0.227 e. The van der Waals surface area contributed by atoms with Gasteiger partial charge in [0.05, 0.1) is 5.92 Å². The average Bonchev–Trinajstić information content (AvgIpc) is 2.77. The first-order chi connectivity index (χ1) is 14.5. The lowest BCUT2D eigenvalue weighted by molar-refractivity contribution is -0.122. The van der Waals surface area contributed by atoms with Crippen LogP contribution >= 0.6 is 0 Å². The van der Waals surface area contributed by atoms with E-state index in [1.54, 1.807) is 12.1 Å². The Morgan fingerprint density at radius 3 is 2.53 bits per heavy atom.